The average molecular weight is 562 g/mol. The molecule has 3 aromatic rings. The summed E-state index contributed by atoms with van der Waals surface area (Å²) in [6.45, 7) is 0.261. The van der Waals surface area contributed by atoms with E-state index in [1.165, 1.54) is 23.9 Å². The number of carbonyl (C=O) groups excluding carboxylic acids is 1. The van der Waals surface area contributed by atoms with Gasteiger partial charge in [-0.3, -0.25) is 4.79 Å². The monoisotopic (exact) mass is 560 g/mol. The van der Waals surface area contributed by atoms with Crippen LogP contribution < -0.4 is 10.1 Å². The SMILES string of the molecule is O=C1NC(=Nc2ccccc2)S/C1=C\c1cc(Br)cc(Br)c1OCc1ccc(F)cc1. The fourth-order valence-corrected chi connectivity index (χ4v) is 5.02. The first-order valence-electron chi connectivity index (χ1n) is 9.19. The normalized spacial score (nSPS) is 16.0. The number of amidine groups is 1. The Labute approximate surface area is 199 Å². The topological polar surface area (TPSA) is 50.7 Å². The van der Waals surface area contributed by atoms with Crippen LogP contribution in [0.5, 0.6) is 5.75 Å². The molecule has 0 aliphatic carbocycles. The fraction of sp³-hybridized carbons (Fsp3) is 0.0435. The summed E-state index contributed by atoms with van der Waals surface area (Å²) in [7, 11) is 0. The van der Waals surface area contributed by atoms with Crippen LogP contribution >= 0.6 is 43.6 Å². The van der Waals surface area contributed by atoms with Gasteiger partial charge in [-0.05, 0) is 75.7 Å². The Morgan fingerprint density at radius 3 is 2.55 bits per heavy atom. The van der Waals surface area contributed by atoms with Gasteiger partial charge in [0.25, 0.3) is 5.91 Å². The van der Waals surface area contributed by atoms with E-state index in [1.54, 1.807) is 18.2 Å². The lowest BCUT2D eigenvalue weighted by Crippen LogP contribution is -2.19. The maximum Gasteiger partial charge on any atom is 0.264 e. The van der Waals surface area contributed by atoms with Crippen molar-refractivity contribution < 1.29 is 13.9 Å². The molecular weight excluding hydrogens is 547 g/mol. The van der Waals surface area contributed by atoms with Crippen LogP contribution in [-0.4, -0.2) is 11.1 Å². The van der Waals surface area contributed by atoms with Crippen LogP contribution in [0.15, 0.2) is 85.6 Å². The molecule has 1 fully saturated rings. The summed E-state index contributed by atoms with van der Waals surface area (Å²) >= 11 is 8.28. The fourth-order valence-electron chi connectivity index (χ4n) is 2.82. The van der Waals surface area contributed by atoms with Crippen LogP contribution in [0.4, 0.5) is 10.1 Å². The Morgan fingerprint density at radius 1 is 1.06 bits per heavy atom. The van der Waals surface area contributed by atoms with E-state index in [2.05, 4.69) is 42.2 Å². The van der Waals surface area contributed by atoms with Crippen LogP contribution in [0.1, 0.15) is 11.1 Å². The lowest BCUT2D eigenvalue weighted by atomic mass is 10.1. The maximum atomic E-state index is 13.1. The first-order chi connectivity index (χ1) is 15.0. The molecule has 0 unspecified atom stereocenters. The van der Waals surface area contributed by atoms with Gasteiger partial charge < -0.3 is 10.1 Å². The zero-order chi connectivity index (χ0) is 21.8. The molecule has 0 saturated carbocycles. The van der Waals surface area contributed by atoms with Crippen molar-refractivity contribution in [1.82, 2.24) is 5.32 Å². The van der Waals surface area contributed by atoms with Crippen LogP contribution in [0.3, 0.4) is 0 Å². The summed E-state index contributed by atoms with van der Waals surface area (Å²) < 4.78 is 20.7. The van der Waals surface area contributed by atoms with Gasteiger partial charge in [0.15, 0.2) is 5.17 Å². The number of hydrogen-bond acceptors (Lipinski definition) is 4. The van der Waals surface area contributed by atoms with Crippen LogP contribution in [0.2, 0.25) is 0 Å². The molecule has 1 N–H and O–H groups in total. The van der Waals surface area contributed by atoms with Gasteiger partial charge in [0.05, 0.1) is 15.1 Å². The van der Waals surface area contributed by atoms with Gasteiger partial charge in [0, 0.05) is 10.0 Å². The van der Waals surface area contributed by atoms with Crippen molar-refractivity contribution in [3.63, 3.8) is 0 Å². The minimum atomic E-state index is -0.295. The van der Waals surface area contributed by atoms with Gasteiger partial charge in [0.1, 0.15) is 18.2 Å². The molecule has 31 heavy (non-hydrogen) atoms. The Morgan fingerprint density at radius 2 is 1.81 bits per heavy atom. The standard InChI is InChI=1S/C23H15Br2FN2O2S/c24-16-10-15(21(19(25)12-16)30-13-14-6-8-17(26)9-7-14)11-20-22(29)28-23(31-20)27-18-4-2-1-3-5-18/h1-12H,13H2,(H,27,28,29)/b20-11-. The van der Waals surface area contributed by atoms with Gasteiger partial charge in [-0.25, -0.2) is 9.38 Å². The number of benzene rings is 3. The third-order valence-corrected chi connectivity index (χ3v) is 6.21. The van der Waals surface area contributed by atoms with E-state index in [9.17, 15) is 9.18 Å². The second kappa shape index (κ2) is 9.80. The van der Waals surface area contributed by atoms with E-state index < -0.39 is 0 Å². The van der Waals surface area contributed by atoms with Crippen LogP contribution in [0, 0.1) is 5.82 Å². The van der Waals surface area contributed by atoms with Gasteiger partial charge in [-0.2, -0.15) is 0 Å². The molecule has 8 heteroatoms. The number of hydrogen-bond donors (Lipinski definition) is 1. The maximum absolute atomic E-state index is 13.1. The van der Waals surface area contributed by atoms with E-state index >= 15 is 0 Å². The summed E-state index contributed by atoms with van der Waals surface area (Å²) in [6, 6.07) is 19.3. The number of rotatable bonds is 5. The summed E-state index contributed by atoms with van der Waals surface area (Å²) in [5.74, 6) is 0.0679. The van der Waals surface area contributed by atoms with Gasteiger partial charge in [0.2, 0.25) is 0 Å². The van der Waals surface area contributed by atoms with Crippen molar-refractivity contribution in [2.75, 3.05) is 0 Å². The van der Waals surface area contributed by atoms with E-state index in [4.69, 9.17) is 4.74 Å². The first kappa shape index (κ1) is 21.8. The molecule has 1 saturated heterocycles. The van der Waals surface area contributed by atoms with Gasteiger partial charge >= 0.3 is 0 Å². The number of aliphatic imine (C=N–C) groups is 1. The molecule has 3 aromatic carbocycles. The Kier molecular flexibility index (Phi) is 6.89. The molecule has 0 aromatic heterocycles. The van der Waals surface area contributed by atoms with Crippen molar-refractivity contribution in [2.24, 2.45) is 4.99 Å². The number of halogens is 3. The summed E-state index contributed by atoms with van der Waals surface area (Å²) in [4.78, 5) is 17.5. The summed E-state index contributed by atoms with van der Waals surface area (Å²) in [5.41, 5.74) is 2.32. The summed E-state index contributed by atoms with van der Waals surface area (Å²) in [5, 5.41) is 3.31. The van der Waals surface area contributed by atoms with Crippen molar-refractivity contribution >= 4 is 66.5 Å². The number of ether oxygens (including phenoxy) is 1. The minimum absolute atomic E-state index is 0.222. The molecule has 0 radical (unpaired) electrons. The van der Waals surface area contributed by atoms with Gasteiger partial charge in [-0.15, -0.1) is 0 Å². The molecule has 1 heterocycles. The Bertz CT molecular complexity index is 1180. The zero-order valence-electron chi connectivity index (χ0n) is 15.9. The number of para-hydroxylation sites is 1. The van der Waals surface area contributed by atoms with Crippen molar-refractivity contribution in [1.29, 1.82) is 0 Å². The molecule has 0 bridgehead atoms. The van der Waals surface area contributed by atoms with Crippen molar-refractivity contribution in [3.05, 3.63) is 97.5 Å². The number of nitrogens with zero attached hydrogens (tertiary/aromatic N) is 1. The highest BCUT2D eigenvalue weighted by atomic mass is 79.9. The molecule has 156 valence electrons. The minimum Gasteiger partial charge on any atom is -0.487 e. The average Bonchev–Trinajstić information content (AvgIpc) is 3.08. The third-order valence-electron chi connectivity index (χ3n) is 4.26. The van der Waals surface area contributed by atoms with Crippen molar-refractivity contribution in [3.8, 4) is 5.75 Å². The molecule has 0 spiro atoms. The second-order valence-corrected chi connectivity index (χ2v) is 9.34. The lowest BCUT2D eigenvalue weighted by molar-refractivity contribution is -0.115. The van der Waals surface area contributed by atoms with Gasteiger partial charge in [-0.1, -0.05) is 46.3 Å². The van der Waals surface area contributed by atoms with E-state index in [1.807, 2.05) is 42.5 Å². The zero-order valence-corrected chi connectivity index (χ0v) is 19.9. The molecule has 1 aliphatic heterocycles. The lowest BCUT2D eigenvalue weighted by Gasteiger charge is -2.13. The molecule has 4 rings (SSSR count). The quantitative estimate of drug-likeness (QED) is 0.348. The smallest absolute Gasteiger partial charge is 0.264 e. The Hall–Kier alpha value is -2.42. The highest BCUT2D eigenvalue weighted by molar-refractivity contribution is 9.11. The van der Waals surface area contributed by atoms with E-state index in [-0.39, 0.29) is 18.3 Å². The molecule has 0 atom stereocenters. The predicted molar refractivity (Wildman–Crippen MR) is 130 cm³/mol. The molecular formula is C23H15Br2FN2O2S. The van der Waals surface area contributed by atoms with Crippen LogP contribution in [0.25, 0.3) is 6.08 Å². The second-order valence-electron chi connectivity index (χ2n) is 6.54. The largest absolute Gasteiger partial charge is 0.487 e. The molecule has 1 amide bonds. The Balaban J connectivity index is 1.60. The summed E-state index contributed by atoms with van der Waals surface area (Å²) in [6.07, 6.45) is 1.77. The first-order valence-corrected chi connectivity index (χ1v) is 11.6. The van der Waals surface area contributed by atoms with Crippen LogP contribution in [-0.2, 0) is 11.4 Å². The van der Waals surface area contributed by atoms with E-state index in [0.29, 0.717) is 15.8 Å². The van der Waals surface area contributed by atoms with Crippen molar-refractivity contribution in [2.45, 2.75) is 6.61 Å². The molecule has 1 aliphatic rings. The third kappa shape index (κ3) is 5.64. The highest BCUT2D eigenvalue weighted by Gasteiger charge is 2.24. The highest BCUT2D eigenvalue weighted by Crippen LogP contribution is 2.37. The predicted octanol–water partition coefficient (Wildman–Crippen LogP) is 6.82. The van der Waals surface area contributed by atoms with E-state index in [0.717, 1.165) is 25.8 Å². The number of thioether (sulfide) groups is 1. The number of nitrogens with one attached hydrogen (secondary N) is 1. The number of carbonyl (C=O) groups is 1. The number of amides is 1. The molecule has 4 nitrogen and oxygen atoms in total.